The zero-order valence-electron chi connectivity index (χ0n) is 14.7. The summed E-state index contributed by atoms with van der Waals surface area (Å²) in [4.78, 5) is 34.2. The fourth-order valence-corrected chi connectivity index (χ4v) is 2.20. The Morgan fingerprint density at radius 3 is 2.39 bits per heavy atom. The number of likely N-dealkylation sites (N-methyl/N-ethyl adjacent to an activating group) is 1. The van der Waals surface area contributed by atoms with Crippen molar-refractivity contribution in [1.82, 2.24) is 10.7 Å². The molecule has 10 heteroatoms. The van der Waals surface area contributed by atoms with Crippen molar-refractivity contribution in [3.05, 3.63) is 58.1 Å². The Morgan fingerprint density at radius 1 is 1.04 bits per heavy atom. The molecule has 28 heavy (non-hydrogen) atoms. The van der Waals surface area contributed by atoms with Gasteiger partial charge in [0.2, 0.25) is 0 Å². The Morgan fingerprint density at radius 2 is 1.75 bits per heavy atom. The summed E-state index contributed by atoms with van der Waals surface area (Å²) in [5, 5.41) is 9.22. The number of nitrogens with zero attached hydrogens (tertiary/aromatic N) is 1. The van der Waals surface area contributed by atoms with Crippen molar-refractivity contribution in [3.8, 4) is 5.75 Å². The Labute approximate surface area is 170 Å². The van der Waals surface area contributed by atoms with E-state index in [-0.39, 0.29) is 12.5 Å². The Bertz CT molecular complexity index is 901. The van der Waals surface area contributed by atoms with Crippen molar-refractivity contribution in [1.29, 1.82) is 0 Å². The highest BCUT2D eigenvalue weighted by Gasteiger charge is 2.09. The molecule has 0 bridgehead atoms. The Hall–Kier alpha value is -3.10. The van der Waals surface area contributed by atoms with Crippen LogP contribution in [0.3, 0.4) is 0 Å². The fraction of sp³-hybridized carbons (Fsp3) is 0.111. The number of benzene rings is 2. The number of carbonyl (C=O) groups excluding carboxylic acids is 3. The lowest BCUT2D eigenvalue weighted by molar-refractivity contribution is -0.138. The molecule has 0 aliphatic carbocycles. The first-order chi connectivity index (χ1) is 13.4. The second-order valence-corrected chi connectivity index (χ2v) is 6.13. The maximum atomic E-state index is 11.9. The second kappa shape index (κ2) is 10.3. The van der Waals surface area contributed by atoms with Gasteiger partial charge in [0.1, 0.15) is 5.75 Å². The van der Waals surface area contributed by atoms with E-state index >= 15 is 0 Å². The van der Waals surface area contributed by atoms with Crippen molar-refractivity contribution in [3.63, 3.8) is 0 Å². The van der Waals surface area contributed by atoms with Crippen LogP contribution < -0.4 is 20.8 Å². The fourth-order valence-electron chi connectivity index (χ4n) is 1.90. The van der Waals surface area contributed by atoms with Crippen LogP contribution in [0.2, 0.25) is 10.0 Å². The van der Waals surface area contributed by atoms with Gasteiger partial charge in [-0.15, -0.1) is 0 Å². The average Bonchev–Trinajstić information content (AvgIpc) is 2.69. The molecule has 8 nitrogen and oxygen atoms in total. The predicted molar refractivity (Wildman–Crippen MR) is 107 cm³/mol. The highest BCUT2D eigenvalue weighted by Crippen LogP contribution is 2.24. The lowest BCUT2D eigenvalue weighted by Crippen LogP contribution is -2.35. The summed E-state index contributed by atoms with van der Waals surface area (Å²) in [5.74, 6) is -1.55. The van der Waals surface area contributed by atoms with E-state index in [9.17, 15) is 14.4 Å². The number of hydrazone groups is 1. The zero-order chi connectivity index (χ0) is 20.5. The number of hydrogen-bond acceptors (Lipinski definition) is 5. The maximum Gasteiger partial charge on any atom is 0.329 e. The molecule has 0 unspecified atom stereocenters. The summed E-state index contributed by atoms with van der Waals surface area (Å²) in [5.41, 5.74) is 3.25. The molecule has 2 aromatic carbocycles. The molecular formula is C18H16Cl2N4O4. The van der Waals surface area contributed by atoms with Crippen LogP contribution in [-0.2, 0) is 14.4 Å². The van der Waals surface area contributed by atoms with E-state index in [2.05, 4.69) is 21.2 Å². The summed E-state index contributed by atoms with van der Waals surface area (Å²) in [6.07, 6.45) is 1.36. The van der Waals surface area contributed by atoms with Crippen molar-refractivity contribution in [2.75, 3.05) is 19.0 Å². The molecule has 2 aromatic rings. The van der Waals surface area contributed by atoms with E-state index in [1.165, 1.54) is 13.3 Å². The van der Waals surface area contributed by atoms with Gasteiger partial charge in [-0.2, -0.15) is 5.10 Å². The molecule has 0 atom stereocenters. The predicted octanol–water partition coefficient (Wildman–Crippen LogP) is 2.21. The number of halogens is 2. The van der Waals surface area contributed by atoms with Gasteiger partial charge in [0.15, 0.2) is 6.61 Å². The SMILES string of the molecule is CNC(=O)C(=O)N/N=C\c1ccc(OCC(=O)Nc2ccc(Cl)c(Cl)c2)cc1. The van der Waals surface area contributed by atoms with Crippen molar-refractivity contribution in [2.24, 2.45) is 5.10 Å². The van der Waals surface area contributed by atoms with Gasteiger partial charge in [-0.1, -0.05) is 23.2 Å². The molecule has 0 fully saturated rings. The molecule has 146 valence electrons. The second-order valence-electron chi connectivity index (χ2n) is 5.31. The summed E-state index contributed by atoms with van der Waals surface area (Å²) >= 11 is 11.7. The van der Waals surface area contributed by atoms with Gasteiger partial charge in [0.05, 0.1) is 16.3 Å². The molecule has 0 aliphatic rings. The number of rotatable bonds is 6. The van der Waals surface area contributed by atoms with E-state index in [1.54, 1.807) is 42.5 Å². The van der Waals surface area contributed by atoms with Gasteiger partial charge in [0, 0.05) is 12.7 Å². The van der Waals surface area contributed by atoms with Crippen LogP contribution in [0.15, 0.2) is 47.6 Å². The van der Waals surface area contributed by atoms with Crippen LogP contribution >= 0.6 is 23.2 Å². The standard InChI is InChI=1S/C18H16Cl2N4O4/c1-21-17(26)18(27)24-22-9-11-2-5-13(6-3-11)28-10-16(25)23-12-4-7-14(19)15(20)8-12/h2-9H,10H2,1H3,(H,21,26)(H,23,25)(H,24,27)/b22-9-. The molecule has 0 heterocycles. The molecule has 0 aliphatic heterocycles. The van der Waals surface area contributed by atoms with Crippen LogP contribution in [0.1, 0.15) is 5.56 Å². The van der Waals surface area contributed by atoms with Gasteiger partial charge < -0.3 is 15.4 Å². The third-order valence-corrected chi connectivity index (χ3v) is 4.01. The zero-order valence-corrected chi connectivity index (χ0v) is 16.2. The molecule has 3 N–H and O–H groups in total. The molecule has 0 aromatic heterocycles. The highest BCUT2D eigenvalue weighted by atomic mass is 35.5. The van der Waals surface area contributed by atoms with Crippen LogP contribution in [0.25, 0.3) is 0 Å². The van der Waals surface area contributed by atoms with E-state index in [0.717, 1.165) is 0 Å². The quantitative estimate of drug-likeness (QED) is 0.376. The Balaban J connectivity index is 1.81. The number of amides is 3. The number of nitrogens with one attached hydrogen (secondary N) is 3. The topological polar surface area (TPSA) is 109 Å². The summed E-state index contributed by atoms with van der Waals surface area (Å²) < 4.78 is 5.40. The normalized spacial score (nSPS) is 10.4. The first kappa shape index (κ1) is 21.2. The smallest absolute Gasteiger partial charge is 0.329 e. The largest absolute Gasteiger partial charge is 0.484 e. The van der Waals surface area contributed by atoms with Gasteiger partial charge in [-0.25, -0.2) is 5.43 Å². The summed E-state index contributed by atoms with van der Waals surface area (Å²) in [7, 11) is 1.34. The average molecular weight is 423 g/mol. The Kier molecular flexibility index (Phi) is 7.79. The van der Waals surface area contributed by atoms with Crippen LogP contribution in [0.5, 0.6) is 5.75 Å². The maximum absolute atomic E-state index is 11.9. The molecular weight excluding hydrogens is 407 g/mol. The van der Waals surface area contributed by atoms with Crippen molar-refractivity contribution >= 4 is 52.8 Å². The summed E-state index contributed by atoms with van der Waals surface area (Å²) in [6, 6.07) is 11.4. The molecule has 0 radical (unpaired) electrons. The third-order valence-electron chi connectivity index (χ3n) is 3.27. The molecule has 3 amide bonds. The van der Waals surface area contributed by atoms with E-state index in [4.69, 9.17) is 27.9 Å². The van der Waals surface area contributed by atoms with Gasteiger partial charge in [-0.3, -0.25) is 14.4 Å². The lowest BCUT2D eigenvalue weighted by atomic mass is 10.2. The van der Waals surface area contributed by atoms with Crippen molar-refractivity contribution < 1.29 is 19.1 Å². The van der Waals surface area contributed by atoms with E-state index in [0.29, 0.717) is 27.0 Å². The van der Waals surface area contributed by atoms with Gasteiger partial charge >= 0.3 is 11.8 Å². The first-order valence-corrected chi connectivity index (χ1v) is 8.67. The molecule has 0 spiro atoms. The van der Waals surface area contributed by atoms with Crippen molar-refractivity contribution in [2.45, 2.75) is 0 Å². The first-order valence-electron chi connectivity index (χ1n) is 7.92. The van der Waals surface area contributed by atoms with Crippen LogP contribution in [0, 0.1) is 0 Å². The minimum absolute atomic E-state index is 0.199. The third kappa shape index (κ3) is 6.57. The monoisotopic (exact) mass is 422 g/mol. The van der Waals surface area contributed by atoms with Gasteiger partial charge in [-0.05, 0) is 48.0 Å². The van der Waals surface area contributed by atoms with E-state index in [1.807, 2.05) is 0 Å². The van der Waals surface area contributed by atoms with Crippen LogP contribution in [-0.4, -0.2) is 37.6 Å². The molecule has 0 saturated heterocycles. The number of anilines is 1. The van der Waals surface area contributed by atoms with E-state index < -0.39 is 11.8 Å². The van der Waals surface area contributed by atoms with Crippen LogP contribution in [0.4, 0.5) is 5.69 Å². The minimum atomic E-state index is -0.869. The highest BCUT2D eigenvalue weighted by molar-refractivity contribution is 6.42. The summed E-state index contributed by atoms with van der Waals surface area (Å²) in [6.45, 7) is -0.199. The number of carbonyl (C=O) groups is 3. The molecule has 0 saturated carbocycles. The lowest BCUT2D eigenvalue weighted by Gasteiger charge is -2.08. The minimum Gasteiger partial charge on any atom is -0.484 e. The van der Waals surface area contributed by atoms with Gasteiger partial charge in [0.25, 0.3) is 5.91 Å². The number of ether oxygens (including phenoxy) is 1. The number of hydrogen-bond donors (Lipinski definition) is 3. The molecule has 2 rings (SSSR count).